The van der Waals surface area contributed by atoms with E-state index in [-0.39, 0.29) is 0 Å². The molecule has 1 unspecified atom stereocenters. The molecule has 1 aromatic carbocycles. The monoisotopic (exact) mass is 227 g/mol. The minimum absolute atomic E-state index is 0.454. The Labute approximate surface area is 99.9 Å². The van der Waals surface area contributed by atoms with E-state index in [0.717, 1.165) is 5.75 Å². The molecule has 0 fully saturated rings. The van der Waals surface area contributed by atoms with Crippen molar-refractivity contribution < 1.29 is 0 Å². The van der Waals surface area contributed by atoms with Crippen molar-refractivity contribution in [2.45, 2.75) is 23.6 Å². The Morgan fingerprint density at radius 3 is 2.88 bits per heavy atom. The molecule has 1 atom stereocenters. The van der Waals surface area contributed by atoms with Crippen LogP contribution in [-0.4, -0.2) is 4.98 Å². The van der Waals surface area contributed by atoms with Crippen LogP contribution in [0, 0.1) is 0 Å². The third kappa shape index (κ3) is 1.54. The van der Waals surface area contributed by atoms with Gasteiger partial charge in [-0.2, -0.15) is 0 Å². The Balaban J connectivity index is 2.18. The van der Waals surface area contributed by atoms with Gasteiger partial charge in [-0.3, -0.25) is 0 Å². The van der Waals surface area contributed by atoms with Crippen LogP contribution in [0.25, 0.3) is 0 Å². The zero-order valence-corrected chi connectivity index (χ0v) is 10.00. The highest BCUT2D eigenvalue weighted by atomic mass is 32.2. The van der Waals surface area contributed by atoms with Gasteiger partial charge in [0.05, 0.1) is 0 Å². The summed E-state index contributed by atoms with van der Waals surface area (Å²) in [7, 11) is 0. The lowest BCUT2D eigenvalue weighted by molar-refractivity contribution is 0.864. The molecule has 0 saturated carbocycles. The summed E-state index contributed by atoms with van der Waals surface area (Å²) in [6, 6.07) is 12.9. The number of hydrogen-bond acceptors (Lipinski definition) is 2. The van der Waals surface area contributed by atoms with E-state index in [1.54, 1.807) is 0 Å². The second kappa shape index (κ2) is 3.95. The number of rotatable bonds is 0. The Morgan fingerprint density at radius 1 is 1.12 bits per heavy atom. The lowest BCUT2D eigenvalue weighted by atomic mass is 9.91. The van der Waals surface area contributed by atoms with Gasteiger partial charge in [0.15, 0.2) is 0 Å². The van der Waals surface area contributed by atoms with Crippen LogP contribution >= 0.6 is 11.8 Å². The maximum Gasteiger partial charge on any atom is 0.100 e. The summed E-state index contributed by atoms with van der Waals surface area (Å²) in [5.41, 5.74) is 4.25. The SMILES string of the molecule is CC1c2ccccc2CSc2ncccc21. The standard InChI is InChI=1S/C14H13NS/c1-10-12-6-3-2-5-11(12)9-16-14-13(10)7-4-8-15-14/h2-8,10H,9H2,1H3. The van der Waals surface area contributed by atoms with Gasteiger partial charge in [0.2, 0.25) is 0 Å². The van der Waals surface area contributed by atoms with Crippen molar-refractivity contribution in [3.05, 3.63) is 59.3 Å². The number of fused-ring (bicyclic) bond motifs is 2. The fraction of sp³-hybridized carbons (Fsp3) is 0.214. The van der Waals surface area contributed by atoms with Crippen LogP contribution in [0.5, 0.6) is 0 Å². The van der Waals surface area contributed by atoms with Gasteiger partial charge in [-0.25, -0.2) is 4.98 Å². The molecule has 0 radical (unpaired) electrons. The molecule has 2 heteroatoms. The highest BCUT2D eigenvalue weighted by Crippen LogP contribution is 2.38. The average Bonchev–Trinajstić information content (AvgIpc) is 2.49. The molecule has 16 heavy (non-hydrogen) atoms. The first-order chi connectivity index (χ1) is 7.86. The van der Waals surface area contributed by atoms with E-state index < -0.39 is 0 Å². The second-order valence-electron chi connectivity index (χ2n) is 4.11. The van der Waals surface area contributed by atoms with Crippen molar-refractivity contribution >= 4 is 11.8 Å². The molecular formula is C14H13NS. The number of aromatic nitrogens is 1. The predicted molar refractivity (Wildman–Crippen MR) is 67.8 cm³/mol. The molecular weight excluding hydrogens is 214 g/mol. The number of thioether (sulfide) groups is 1. The molecule has 0 N–H and O–H groups in total. The molecule has 2 heterocycles. The van der Waals surface area contributed by atoms with Crippen LogP contribution in [0.3, 0.4) is 0 Å². The van der Waals surface area contributed by atoms with Crippen LogP contribution in [0.1, 0.15) is 29.5 Å². The second-order valence-corrected chi connectivity index (χ2v) is 5.07. The third-order valence-electron chi connectivity index (χ3n) is 3.15. The molecule has 2 aromatic rings. The van der Waals surface area contributed by atoms with Gasteiger partial charge in [0, 0.05) is 17.9 Å². The summed E-state index contributed by atoms with van der Waals surface area (Å²) in [6.45, 7) is 2.27. The van der Waals surface area contributed by atoms with E-state index in [9.17, 15) is 0 Å². The lowest BCUT2D eigenvalue weighted by Crippen LogP contribution is -1.98. The zero-order valence-electron chi connectivity index (χ0n) is 9.18. The molecule has 1 aromatic heterocycles. The van der Waals surface area contributed by atoms with E-state index in [4.69, 9.17) is 0 Å². The van der Waals surface area contributed by atoms with Crippen LogP contribution in [0.2, 0.25) is 0 Å². The lowest BCUT2D eigenvalue weighted by Gasteiger charge is -2.13. The summed E-state index contributed by atoms with van der Waals surface area (Å²) in [5, 5.41) is 1.19. The van der Waals surface area contributed by atoms with Crippen molar-refractivity contribution in [2.75, 3.05) is 0 Å². The van der Waals surface area contributed by atoms with E-state index in [1.165, 1.54) is 21.7 Å². The van der Waals surface area contributed by atoms with Gasteiger partial charge in [0.1, 0.15) is 5.03 Å². The predicted octanol–water partition coefficient (Wildman–Crippen LogP) is 3.84. The van der Waals surface area contributed by atoms with Crippen molar-refractivity contribution in [3.63, 3.8) is 0 Å². The Hall–Kier alpha value is -1.28. The van der Waals surface area contributed by atoms with Gasteiger partial charge in [0.25, 0.3) is 0 Å². The molecule has 80 valence electrons. The number of benzene rings is 1. The normalized spacial score (nSPS) is 18.4. The van der Waals surface area contributed by atoms with Gasteiger partial charge in [-0.1, -0.05) is 37.3 Å². The van der Waals surface area contributed by atoms with E-state index in [1.807, 2.05) is 24.0 Å². The summed E-state index contributed by atoms with van der Waals surface area (Å²) in [4.78, 5) is 4.48. The van der Waals surface area contributed by atoms with Crippen LogP contribution in [0.15, 0.2) is 47.6 Å². The van der Waals surface area contributed by atoms with Crippen LogP contribution in [-0.2, 0) is 5.75 Å². The number of nitrogens with zero attached hydrogens (tertiary/aromatic N) is 1. The Morgan fingerprint density at radius 2 is 1.94 bits per heavy atom. The zero-order chi connectivity index (χ0) is 11.0. The fourth-order valence-electron chi connectivity index (χ4n) is 2.26. The quantitative estimate of drug-likeness (QED) is 0.678. The number of hydrogen-bond donors (Lipinski definition) is 0. The largest absolute Gasteiger partial charge is 0.250 e. The minimum Gasteiger partial charge on any atom is -0.250 e. The van der Waals surface area contributed by atoms with E-state index in [0.29, 0.717) is 5.92 Å². The van der Waals surface area contributed by atoms with E-state index in [2.05, 4.69) is 42.2 Å². The summed E-state index contributed by atoms with van der Waals surface area (Å²) >= 11 is 1.84. The topological polar surface area (TPSA) is 12.9 Å². The summed E-state index contributed by atoms with van der Waals surface area (Å²) in [5.74, 6) is 1.49. The molecule has 1 aliphatic rings. The van der Waals surface area contributed by atoms with Crippen LogP contribution < -0.4 is 0 Å². The third-order valence-corrected chi connectivity index (χ3v) is 4.22. The first kappa shape index (κ1) is 9.91. The summed E-state index contributed by atoms with van der Waals surface area (Å²) in [6.07, 6.45) is 1.88. The average molecular weight is 227 g/mol. The fourth-order valence-corrected chi connectivity index (χ4v) is 3.36. The Kier molecular flexibility index (Phi) is 2.44. The molecule has 3 rings (SSSR count). The Bertz CT molecular complexity index is 474. The highest BCUT2D eigenvalue weighted by Gasteiger charge is 2.20. The minimum atomic E-state index is 0.454. The summed E-state index contributed by atoms with van der Waals surface area (Å²) < 4.78 is 0. The molecule has 1 aliphatic heterocycles. The molecule has 0 amide bonds. The van der Waals surface area contributed by atoms with Gasteiger partial charge < -0.3 is 0 Å². The molecule has 1 nitrogen and oxygen atoms in total. The highest BCUT2D eigenvalue weighted by molar-refractivity contribution is 7.98. The smallest absolute Gasteiger partial charge is 0.100 e. The molecule has 0 bridgehead atoms. The van der Waals surface area contributed by atoms with Gasteiger partial charge in [-0.05, 0) is 22.8 Å². The van der Waals surface area contributed by atoms with Gasteiger partial charge in [-0.15, -0.1) is 11.8 Å². The van der Waals surface area contributed by atoms with Gasteiger partial charge >= 0.3 is 0 Å². The van der Waals surface area contributed by atoms with Crippen molar-refractivity contribution in [1.82, 2.24) is 4.98 Å². The number of pyridine rings is 1. The maximum absolute atomic E-state index is 4.48. The van der Waals surface area contributed by atoms with Crippen molar-refractivity contribution in [2.24, 2.45) is 0 Å². The molecule has 0 spiro atoms. The first-order valence-electron chi connectivity index (χ1n) is 5.52. The van der Waals surface area contributed by atoms with E-state index >= 15 is 0 Å². The van der Waals surface area contributed by atoms with Crippen molar-refractivity contribution in [1.29, 1.82) is 0 Å². The maximum atomic E-state index is 4.48. The first-order valence-corrected chi connectivity index (χ1v) is 6.50. The van der Waals surface area contributed by atoms with Crippen molar-refractivity contribution in [3.8, 4) is 0 Å². The molecule has 0 aliphatic carbocycles. The van der Waals surface area contributed by atoms with Crippen LogP contribution in [0.4, 0.5) is 0 Å². The molecule has 0 saturated heterocycles.